The Hall–Kier alpha value is -1.12. The molecule has 4 atom stereocenters. The summed E-state index contributed by atoms with van der Waals surface area (Å²) in [5, 5.41) is 0. The summed E-state index contributed by atoms with van der Waals surface area (Å²) in [5.41, 5.74) is 1.16. The van der Waals surface area contributed by atoms with E-state index in [1.54, 1.807) is 0 Å². The van der Waals surface area contributed by atoms with Gasteiger partial charge in [-0.25, -0.2) is 0 Å². The molecular formula is C15H22O3. The maximum Gasteiger partial charge on any atom is 0.309 e. The molecule has 0 saturated carbocycles. The standard InChI is InChI=1S/C15H22O3/c1-9-4-7-13(16)10(2)5-6-12-11(3)15(17)18-14(12)8-9/h8,10-12,14H,4-7H2,1-3H3/b9-8+/t10-,11-,12-,14+/m0/s1. The van der Waals surface area contributed by atoms with Crippen LogP contribution in [0.4, 0.5) is 0 Å². The van der Waals surface area contributed by atoms with Crippen LogP contribution in [0.2, 0.25) is 0 Å². The Morgan fingerprint density at radius 1 is 1.17 bits per heavy atom. The minimum Gasteiger partial charge on any atom is -0.458 e. The monoisotopic (exact) mass is 250 g/mol. The lowest BCUT2D eigenvalue weighted by molar-refractivity contribution is -0.142. The van der Waals surface area contributed by atoms with Gasteiger partial charge in [0, 0.05) is 18.3 Å². The van der Waals surface area contributed by atoms with Crippen LogP contribution >= 0.6 is 0 Å². The molecule has 0 aromatic rings. The molecule has 1 aliphatic heterocycles. The van der Waals surface area contributed by atoms with E-state index >= 15 is 0 Å². The molecule has 0 bridgehead atoms. The fourth-order valence-corrected chi connectivity index (χ4v) is 2.89. The number of Topliss-reactive ketones (excluding diaryl/α,β-unsaturated/α-hetero) is 1. The van der Waals surface area contributed by atoms with E-state index in [1.165, 1.54) is 0 Å². The normalized spacial score (nSPS) is 40.7. The first-order chi connectivity index (χ1) is 8.49. The Morgan fingerprint density at radius 3 is 2.61 bits per heavy atom. The molecule has 1 fully saturated rings. The van der Waals surface area contributed by atoms with Crippen LogP contribution < -0.4 is 0 Å². The highest BCUT2D eigenvalue weighted by Gasteiger charge is 2.40. The van der Waals surface area contributed by atoms with Crippen molar-refractivity contribution in [3.8, 4) is 0 Å². The van der Waals surface area contributed by atoms with Gasteiger partial charge in [0.2, 0.25) is 0 Å². The minimum absolute atomic E-state index is 0.0409. The summed E-state index contributed by atoms with van der Waals surface area (Å²) >= 11 is 0. The third-order valence-corrected chi connectivity index (χ3v) is 4.39. The van der Waals surface area contributed by atoms with Gasteiger partial charge in [-0.2, -0.15) is 0 Å². The summed E-state index contributed by atoms with van der Waals surface area (Å²) in [6, 6.07) is 0. The van der Waals surface area contributed by atoms with Crippen molar-refractivity contribution in [2.75, 3.05) is 0 Å². The van der Waals surface area contributed by atoms with Gasteiger partial charge in [0.25, 0.3) is 0 Å². The predicted molar refractivity (Wildman–Crippen MR) is 68.9 cm³/mol. The van der Waals surface area contributed by atoms with Crippen LogP contribution in [-0.2, 0) is 14.3 Å². The minimum atomic E-state index is -0.0905. The van der Waals surface area contributed by atoms with Crippen molar-refractivity contribution in [1.82, 2.24) is 0 Å². The number of fused-ring (bicyclic) bond motifs is 1. The highest BCUT2D eigenvalue weighted by atomic mass is 16.6. The van der Waals surface area contributed by atoms with Crippen LogP contribution in [0, 0.1) is 17.8 Å². The molecule has 18 heavy (non-hydrogen) atoms. The second-order valence-electron chi connectivity index (χ2n) is 5.81. The lowest BCUT2D eigenvalue weighted by atomic mass is 9.82. The molecule has 2 rings (SSSR count). The molecule has 2 aliphatic rings. The van der Waals surface area contributed by atoms with E-state index in [1.807, 2.05) is 20.8 Å². The highest BCUT2D eigenvalue weighted by molar-refractivity contribution is 5.81. The largest absolute Gasteiger partial charge is 0.458 e. The molecule has 3 nitrogen and oxygen atoms in total. The van der Waals surface area contributed by atoms with E-state index in [0.29, 0.717) is 12.2 Å². The van der Waals surface area contributed by atoms with Crippen molar-refractivity contribution in [1.29, 1.82) is 0 Å². The molecule has 3 heteroatoms. The second-order valence-corrected chi connectivity index (χ2v) is 5.81. The van der Waals surface area contributed by atoms with Crippen LogP contribution in [0.3, 0.4) is 0 Å². The van der Waals surface area contributed by atoms with Crippen LogP contribution in [0.25, 0.3) is 0 Å². The summed E-state index contributed by atoms with van der Waals surface area (Å²) in [4.78, 5) is 23.6. The fourth-order valence-electron chi connectivity index (χ4n) is 2.89. The van der Waals surface area contributed by atoms with Gasteiger partial charge in [0.1, 0.15) is 11.9 Å². The van der Waals surface area contributed by atoms with Gasteiger partial charge in [-0.05, 0) is 32.3 Å². The molecule has 0 unspecified atom stereocenters. The number of hydrogen-bond donors (Lipinski definition) is 0. The quantitative estimate of drug-likeness (QED) is 0.490. The highest BCUT2D eigenvalue weighted by Crippen LogP contribution is 2.35. The fraction of sp³-hybridized carbons (Fsp3) is 0.733. The molecule has 100 valence electrons. The van der Waals surface area contributed by atoms with Gasteiger partial charge in [-0.3, -0.25) is 9.59 Å². The maximum atomic E-state index is 11.9. The maximum absolute atomic E-state index is 11.9. The first kappa shape index (κ1) is 13.3. The van der Waals surface area contributed by atoms with Crippen molar-refractivity contribution < 1.29 is 14.3 Å². The molecule has 0 aromatic heterocycles. The Bertz CT molecular complexity index is 383. The van der Waals surface area contributed by atoms with Crippen molar-refractivity contribution in [3.63, 3.8) is 0 Å². The first-order valence-corrected chi connectivity index (χ1v) is 6.89. The smallest absolute Gasteiger partial charge is 0.309 e. The average molecular weight is 250 g/mol. The zero-order valence-electron chi connectivity index (χ0n) is 11.4. The van der Waals surface area contributed by atoms with Crippen LogP contribution in [0.5, 0.6) is 0 Å². The van der Waals surface area contributed by atoms with Gasteiger partial charge in [-0.1, -0.05) is 19.4 Å². The van der Waals surface area contributed by atoms with E-state index in [2.05, 4.69) is 6.08 Å². The number of hydrogen-bond acceptors (Lipinski definition) is 3. The Balaban J connectivity index is 2.21. The number of carbonyl (C=O) groups is 2. The zero-order chi connectivity index (χ0) is 13.3. The number of ketones is 1. The molecule has 0 radical (unpaired) electrons. The number of rotatable bonds is 0. The second kappa shape index (κ2) is 5.25. The first-order valence-electron chi connectivity index (χ1n) is 6.89. The number of ether oxygens (including phenoxy) is 1. The van der Waals surface area contributed by atoms with E-state index < -0.39 is 0 Å². The Morgan fingerprint density at radius 2 is 1.89 bits per heavy atom. The van der Waals surface area contributed by atoms with E-state index in [9.17, 15) is 9.59 Å². The molecule has 0 spiro atoms. The molecule has 0 aromatic carbocycles. The summed E-state index contributed by atoms with van der Waals surface area (Å²) in [7, 11) is 0. The Labute approximate surface area is 109 Å². The molecule has 1 aliphatic carbocycles. The molecule has 1 heterocycles. The van der Waals surface area contributed by atoms with Crippen molar-refractivity contribution in [3.05, 3.63) is 11.6 Å². The lowest BCUT2D eigenvalue weighted by Gasteiger charge is -2.21. The van der Waals surface area contributed by atoms with E-state index in [-0.39, 0.29) is 29.8 Å². The zero-order valence-corrected chi connectivity index (χ0v) is 11.4. The summed E-state index contributed by atoms with van der Waals surface area (Å²) in [6.45, 7) is 5.96. The molecular weight excluding hydrogens is 228 g/mol. The predicted octanol–water partition coefficient (Wildman–Crippen LogP) is 2.89. The topological polar surface area (TPSA) is 43.4 Å². The van der Waals surface area contributed by atoms with Crippen molar-refractivity contribution in [2.24, 2.45) is 17.8 Å². The molecule has 1 saturated heterocycles. The number of carbonyl (C=O) groups excluding carboxylic acids is 2. The molecule has 0 amide bonds. The van der Waals surface area contributed by atoms with Crippen molar-refractivity contribution >= 4 is 11.8 Å². The summed E-state index contributed by atoms with van der Waals surface area (Å²) in [6.07, 6.45) is 5.15. The Kier molecular flexibility index (Phi) is 3.88. The SMILES string of the molecule is C/C1=C\[C@H]2OC(=O)[C@@H](C)[C@@H]2CC[C@H](C)C(=O)CC1. The third-order valence-electron chi connectivity index (χ3n) is 4.39. The lowest BCUT2D eigenvalue weighted by Crippen LogP contribution is -2.22. The number of esters is 1. The van der Waals surface area contributed by atoms with Crippen LogP contribution in [0.15, 0.2) is 11.6 Å². The van der Waals surface area contributed by atoms with E-state index in [4.69, 9.17) is 4.74 Å². The van der Waals surface area contributed by atoms with Gasteiger partial charge >= 0.3 is 5.97 Å². The van der Waals surface area contributed by atoms with Crippen molar-refractivity contribution in [2.45, 2.75) is 52.6 Å². The van der Waals surface area contributed by atoms with Gasteiger partial charge in [0.05, 0.1) is 5.92 Å². The number of allylic oxidation sites excluding steroid dienone is 1. The van der Waals surface area contributed by atoms with Gasteiger partial charge in [-0.15, -0.1) is 0 Å². The van der Waals surface area contributed by atoms with Crippen LogP contribution in [0.1, 0.15) is 46.5 Å². The van der Waals surface area contributed by atoms with Gasteiger partial charge < -0.3 is 4.74 Å². The summed E-state index contributed by atoms with van der Waals surface area (Å²) < 4.78 is 5.44. The summed E-state index contributed by atoms with van der Waals surface area (Å²) in [5.74, 6) is 0.562. The van der Waals surface area contributed by atoms with Gasteiger partial charge in [0.15, 0.2) is 0 Å². The molecule has 0 N–H and O–H groups in total. The van der Waals surface area contributed by atoms with E-state index in [0.717, 1.165) is 24.8 Å². The van der Waals surface area contributed by atoms with Crippen LogP contribution in [-0.4, -0.2) is 17.9 Å². The average Bonchev–Trinajstić information content (AvgIpc) is 2.58. The third kappa shape index (κ3) is 2.65.